The van der Waals surface area contributed by atoms with Crippen molar-refractivity contribution in [2.45, 2.75) is 44.3 Å². The van der Waals surface area contributed by atoms with Gasteiger partial charge < -0.3 is 0 Å². The molecule has 0 amide bonds. The highest BCUT2D eigenvalue weighted by molar-refractivity contribution is 7.89. The van der Waals surface area contributed by atoms with Crippen LogP contribution in [0.2, 0.25) is 0 Å². The quantitative estimate of drug-likeness (QED) is 0.308. The molecule has 0 saturated carbocycles. The molecule has 0 atom stereocenters. The lowest BCUT2D eigenvalue weighted by molar-refractivity contribution is -0.137. The van der Waals surface area contributed by atoms with E-state index in [1.807, 2.05) is 30.3 Å². The highest BCUT2D eigenvalue weighted by atomic mass is 32.2. The number of nitrogens with one attached hydrogen (secondary N) is 1. The van der Waals surface area contributed by atoms with Gasteiger partial charge in [-0.25, -0.2) is 23.1 Å². The van der Waals surface area contributed by atoms with Gasteiger partial charge in [0.05, 0.1) is 16.2 Å². The van der Waals surface area contributed by atoms with Crippen molar-refractivity contribution in [3.05, 3.63) is 90.1 Å². The Morgan fingerprint density at radius 3 is 1.95 bits per heavy atom. The number of aryl methyl sites for hydroxylation is 1. The van der Waals surface area contributed by atoms with Crippen molar-refractivity contribution in [3.8, 4) is 33.8 Å². The number of alkyl halides is 3. The summed E-state index contributed by atoms with van der Waals surface area (Å²) in [4.78, 5) is 9.28. The van der Waals surface area contributed by atoms with Gasteiger partial charge in [0.25, 0.3) is 0 Å². The van der Waals surface area contributed by atoms with Crippen LogP contribution >= 0.6 is 0 Å². The topological polar surface area (TPSA) is 72.0 Å². The van der Waals surface area contributed by atoms with Gasteiger partial charge >= 0.3 is 6.18 Å². The Bertz CT molecular complexity index is 1540. The van der Waals surface area contributed by atoms with E-state index >= 15 is 0 Å². The van der Waals surface area contributed by atoms with Crippen LogP contribution in [0.3, 0.4) is 0 Å². The van der Waals surface area contributed by atoms with Crippen molar-refractivity contribution in [2.24, 2.45) is 0 Å². The molecule has 1 N–H and O–H groups in total. The van der Waals surface area contributed by atoms with Gasteiger partial charge in [0, 0.05) is 22.4 Å². The van der Waals surface area contributed by atoms with Gasteiger partial charge in [0.1, 0.15) is 0 Å². The van der Waals surface area contributed by atoms with Crippen molar-refractivity contribution in [3.63, 3.8) is 0 Å². The molecule has 1 aromatic heterocycles. The average Bonchev–Trinajstić information content (AvgIpc) is 2.82. The Morgan fingerprint density at radius 1 is 0.730 bits per heavy atom. The normalized spacial score (nSPS) is 12.5. The molecule has 0 aliphatic heterocycles. The maximum atomic E-state index is 12.9. The zero-order valence-electron chi connectivity index (χ0n) is 20.8. The van der Waals surface area contributed by atoms with E-state index in [2.05, 4.69) is 14.7 Å². The van der Waals surface area contributed by atoms with E-state index in [0.29, 0.717) is 33.9 Å². The highest BCUT2D eigenvalue weighted by Gasteiger charge is 2.30. The molecule has 37 heavy (non-hydrogen) atoms. The number of benzene rings is 3. The van der Waals surface area contributed by atoms with E-state index < -0.39 is 27.3 Å². The first-order chi connectivity index (χ1) is 17.2. The van der Waals surface area contributed by atoms with Crippen LogP contribution in [-0.4, -0.2) is 23.9 Å². The van der Waals surface area contributed by atoms with Crippen LogP contribution in [0.5, 0.6) is 0 Å². The first kappa shape index (κ1) is 26.5. The minimum absolute atomic E-state index is 0.154. The van der Waals surface area contributed by atoms with E-state index in [0.717, 1.165) is 17.7 Å². The van der Waals surface area contributed by atoms with E-state index in [-0.39, 0.29) is 4.90 Å². The lowest BCUT2D eigenvalue weighted by atomic mass is 10.0. The molecule has 4 aromatic rings. The first-order valence-electron chi connectivity index (χ1n) is 11.5. The van der Waals surface area contributed by atoms with E-state index in [1.54, 1.807) is 52.0 Å². The molecule has 0 fully saturated rings. The predicted octanol–water partition coefficient (Wildman–Crippen LogP) is 6.88. The molecule has 0 unspecified atom stereocenters. The van der Waals surface area contributed by atoms with E-state index in [4.69, 9.17) is 0 Å². The van der Waals surface area contributed by atoms with E-state index in [9.17, 15) is 21.6 Å². The van der Waals surface area contributed by atoms with Crippen LogP contribution < -0.4 is 4.72 Å². The second-order valence-corrected chi connectivity index (χ2v) is 11.4. The summed E-state index contributed by atoms with van der Waals surface area (Å²) in [6, 6.07) is 20.6. The number of halogens is 3. The van der Waals surface area contributed by atoms with Gasteiger partial charge in [-0.3, -0.25) is 0 Å². The van der Waals surface area contributed by atoms with Crippen molar-refractivity contribution in [1.82, 2.24) is 14.7 Å². The number of sulfonamides is 1. The molecular formula is C28H26F3N3O2S. The molecule has 3 aromatic carbocycles. The summed E-state index contributed by atoms with van der Waals surface area (Å²) in [6.07, 6.45) is -4.41. The minimum Gasteiger partial charge on any atom is -0.233 e. The van der Waals surface area contributed by atoms with Crippen molar-refractivity contribution >= 4 is 10.0 Å². The van der Waals surface area contributed by atoms with Gasteiger partial charge in [0.15, 0.2) is 5.82 Å². The van der Waals surface area contributed by atoms with Crippen molar-refractivity contribution in [2.75, 3.05) is 0 Å². The van der Waals surface area contributed by atoms with Gasteiger partial charge in [-0.1, -0.05) is 42.5 Å². The van der Waals surface area contributed by atoms with Gasteiger partial charge in [-0.2, -0.15) is 13.2 Å². The molecule has 192 valence electrons. The fourth-order valence-electron chi connectivity index (χ4n) is 3.82. The fourth-order valence-corrected chi connectivity index (χ4v) is 5.28. The number of aromatic nitrogens is 2. The van der Waals surface area contributed by atoms with Crippen LogP contribution in [-0.2, 0) is 16.2 Å². The standard InChI is InChI=1S/C28H26F3N3O2S/c1-18-15-25(19-11-13-23(14-12-19)28(29,30)31)33-26(32-18)22-9-5-7-20(16-22)21-8-6-10-24(17-21)37(35,36)34-27(2,3)4/h5-17,34H,1-4H3. The largest absolute Gasteiger partial charge is 0.416 e. The zero-order valence-corrected chi connectivity index (χ0v) is 21.6. The third-order valence-corrected chi connectivity index (χ3v) is 7.16. The lowest BCUT2D eigenvalue weighted by Gasteiger charge is -2.20. The zero-order chi connectivity index (χ0) is 27.0. The third kappa shape index (κ3) is 6.42. The molecular weight excluding hydrogens is 499 g/mol. The molecule has 0 aliphatic carbocycles. The molecule has 0 saturated heterocycles. The van der Waals surface area contributed by atoms with Gasteiger partial charge in [-0.05, 0) is 75.2 Å². The number of hydrogen-bond acceptors (Lipinski definition) is 4. The van der Waals surface area contributed by atoms with Gasteiger partial charge in [-0.15, -0.1) is 0 Å². The molecule has 0 bridgehead atoms. The van der Waals surface area contributed by atoms with Crippen LogP contribution in [0.25, 0.3) is 33.8 Å². The molecule has 0 aliphatic rings. The van der Waals surface area contributed by atoms with E-state index in [1.165, 1.54) is 12.1 Å². The smallest absolute Gasteiger partial charge is 0.233 e. The van der Waals surface area contributed by atoms with Crippen LogP contribution in [0.4, 0.5) is 13.2 Å². The highest BCUT2D eigenvalue weighted by Crippen LogP contribution is 2.32. The summed E-state index contributed by atoms with van der Waals surface area (Å²) in [5.41, 5.74) is 2.52. The SMILES string of the molecule is Cc1cc(-c2ccc(C(F)(F)F)cc2)nc(-c2cccc(-c3cccc(S(=O)(=O)NC(C)(C)C)c3)c2)n1. The summed E-state index contributed by atoms with van der Waals surface area (Å²) < 4.78 is 67.1. The Hall–Kier alpha value is -3.56. The average molecular weight is 526 g/mol. The number of nitrogens with zero attached hydrogens (tertiary/aromatic N) is 2. The second-order valence-electron chi connectivity index (χ2n) is 9.76. The molecule has 5 nitrogen and oxygen atoms in total. The molecule has 0 spiro atoms. The molecule has 4 rings (SSSR count). The summed E-state index contributed by atoms with van der Waals surface area (Å²) in [5.74, 6) is 0.412. The van der Waals surface area contributed by atoms with Crippen molar-refractivity contribution < 1.29 is 21.6 Å². The number of rotatable bonds is 5. The maximum Gasteiger partial charge on any atom is 0.416 e. The van der Waals surface area contributed by atoms with Gasteiger partial charge in [0.2, 0.25) is 10.0 Å². The lowest BCUT2D eigenvalue weighted by Crippen LogP contribution is -2.40. The summed E-state index contributed by atoms with van der Waals surface area (Å²) in [6.45, 7) is 7.12. The van der Waals surface area contributed by atoms with Crippen LogP contribution in [0.15, 0.2) is 83.8 Å². The Kier molecular flexibility index (Phi) is 6.96. The summed E-state index contributed by atoms with van der Waals surface area (Å²) >= 11 is 0. The van der Waals surface area contributed by atoms with Crippen LogP contribution in [0, 0.1) is 6.92 Å². The Labute approximate surface area is 214 Å². The van der Waals surface area contributed by atoms with Crippen LogP contribution in [0.1, 0.15) is 32.0 Å². The summed E-state index contributed by atoms with van der Waals surface area (Å²) in [5, 5.41) is 0. The minimum atomic E-state index is -4.41. The molecule has 0 radical (unpaired) electrons. The molecule has 9 heteroatoms. The Morgan fingerprint density at radius 2 is 1.32 bits per heavy atom. The van der Waals surface area contributed by atoms with Crippen molar-refractivity contribution in [1.29, 1.82) is 0 Å². The Balaban J connectivity index is 1.70. The summed E-state index contributed by atoms with van der Waals surface area (Å²) in [7, 11) is -3.71. The fraction of sp³-hybridized carbons (Fsp3) is 0.214. The number of hydrogen-bond donors (Lipinski definition) is 1. The second kappa shape index (κ2) is 9.72. The monoisotopic (exact) mass is 525 g/mol. The maximum absolute atomic E-state index is 12.9. The molecule has 1 heterocycles. The first-order valence-corrected chi connectivity index (χ1v) is 13.0. The third-order valence-electron chi connectivity index (χ3n) is 5.40. The predicted molar refractivity (Wildman–Crippen MR) is 138 cm³/mol.